The number of piperidine rings is 1. The maximum atomic E-state index is 14.4. The average Bonchev–Trinajstić information content (AvgIpc) is 2.75. The second-order valence-corrected chi connectivity index (χ2v) is 7.61. The van der Waals surface area contributed by atoms with Crippen LogP contribution in [-0.4, -0.2) is 43.3 Å². The third kappa shape index (κ3) is 4.06. The Morgan fingerprint density at radius 1 is 1.10 bits per heavy atom. The van der Waals surface area contributed by atoms with Gasteiger partial charge in [-0.2, -0.15) is 4.98 Å². The summed E-state index contributed by atoms with van der Waals surface area (Å²) in [6, 6.07) is 8.20. The molecule has 0 atom stereocenters. The molecule has 158 valence electrons. The molecule has 3 aromatic rings. The zero-order valence-electron chi connectivity index (χ0n) is 16.8. The van der Waals surface area contributed by atoms with E-state index >= 15 is 0 Å². The third-order valence-electron chi connectivity index (χ3n) is 5.20. The second kappa shape index (κ2) is 8.49. The number of fused-ring (bicyclic) bond motifs is 1. The molecule has 1 aliphatic heterocycles. The summed E-state index contributed by atoms with van der Waals surface area (Å²) in [6.45, 7) is 1.52. The number of nitrogens with zero attached hydrogens (tertiary/aromatic N) is 3. The van der Waals surface area contributed by atoms with Gasteiger partial charge in [0.15, 0.2) is 11.5 Å². The fourth-order valence-corrected chi connectivity index (χ4v) is 3.66. The lowest BCUT2D eigenvalue weighted by Gasteiger charge is -2.30. The number of methoxy groups -OCH3 is 2. The van der Waals surface area contributed by atoms with Crippen molar-refractivity contribution in [1.29, 1.82) is 0 Å². The molecule has 7 nitrogen and oxygen atoms in total. The van der Waals surface area contributed by atoms with Crippen molar-refractivity contribution in [2.45, 2.75) is 18.9 Å². The number of hydrogen-bond donors (Lipinski definition) is 2. The summed E-state index contributed by atoms with van der Waals surface area (Å²) >= 11 is 5.89. The summed E-state index contributed by atoms with van der Waals surface area (Å²) in [5.74, 6) is 1.63. The molecule has 1 saturated heterocycles. The number of hydrogen-bond acceptors (Lipinski definition) is 7. The standard InChI is InChI=1S/C21H23ClFN5O2/c1-29-18-10-14-17(11-19(18)30-2)26-21(28-7-5-13(24)6-8-28)27-20(14)25-16-4-3-12(22)9-15(16)23/h3-4,9-11,13H,5-8,24H2,1-2H3,(H,25,26,27). The number of halogens is 2. The van der Waals surface area contributed by atoms with Crippen LogP contribution >= 0.6 is 11.6 Å². The fourth-order valence-electron chi connectivity index (χ4n) is 3.50. The topological polar surface area (TPSA) is 85.5 Å². The van der Waals surface area contributed by atoms with Crippen LogP contribution in [0.1, 0.15) is 12.8 Å². The summed E-state index contributed by atoms with van der Waals surface area (Å²) in [5.41, 5.74) is 6.96. The van der Waals surface area contributed by atoms with Crippen LogP contribution in [0.5, 0.6) is 11.5 Å². The van der Waals surface area contributed by atoms with Gasteiger partial charge < -0.3 is 25.4 Å². The van der Waals surface area contributed by atoms with E-state index in [4.69, 9.17) is 36.8 Å². The van der Waals surface area contributed by atoms with Crippen LogP contribution in [0.25, 0.3) is 10.9 Å². The molecule has 0 bridgehead atoms. The van der Waals surface area contributed by atoms with E-state index in [-0.39, 0.29) is 11.7 Å². The molecule has 1 aliphatic rings. The van der Waals surface area contributed by atoms with E-state index in [0.29, 0.717) is 39.2 Å². The van der Waals surface area contributed by atoms with E-state index in [1.165, 1.54) is 6.07 Å². The highest BCUT2D eigenvalue weighted by molar-refractivity contribution is 6.30. The molecule has 2 heterocycles. The van der Waals surface area contributed by atoms with Gasteiger partial charge in [0.05, 0.1) is 25.4 Å². The predicted octanol–water partition coefficient (Wildman–Crippen LogP) is 4.11. The molecule has 4 rings (SSSR count). The SMILES string of the molecule is COc1cc2nc(N3CCC(N)CC3)nc(Nc3ccc(Cl)cc3F)c2cc1OC. The third-order valence-corrected chi connectivity index (χ3v) is 5.43. The van der Waals surface area contributed by atoms with Crippen molar-refractivity contribution in [2.75, 3.05) is 37.5 Å². The van der Waals surface area contributed by atoms with Gasteiger partial charge in [-0.1, -0.05) is 11.6 Å². The fraction of sp³-hybridized carbons (Fsp3) is 0.333. The number of benzene rings is 2. The number of aromatic nitrogens is 2. The highest BCUT2D eigenvalue weighted by atomic mass is 35.5. The Bertz CT molecular complexity index is 1070. The number of nitrogens with two attached hydrogens (primary N) is 1. The summed E-state index contributed by atoms with van der Waals surface area (Å²) in [4.78, 5) is 11.5. The van der Waals surface area contributed by atoms with Crippen molar-refractivity contribution in [1.82, 2.24) is 9.97 Å². The summed E-state index contributed by atoms with van der Waals surface area (Å²) in [5, 5.41) is 4.09. The van der Waals surface area contributed by atoms with E-state index in [1.807, 2.05) is 0 Å². The van der Waals surface area contributed by atoms with E-state index in [2.05, 4.69) is 10.2 Å². The molecule has 0 saturated carbocycles. The van der Waals surface area contributed by atoms with Crippen molar-refractivity contribution in [2.24, 2.45) is 5.73 Å². The van der Waals surface area contributed by atoms with Gasteiger partial charge in [0.25, 0.3) is 0 Å². The first kappa shape index (κ1) is 20.4. The molecule has 1 fully saturated rings. The normalized spacial score (nSPS) is 14.8. The van der Waals surface area contributed by atoms with Crippen LogP contribution in [0.3, 0.4) is 0 Å². The van der Waals surface area contributed by atoms with Crippen molar-refractivity contribution in [3.05, 3.63) is 41.2 Å². The number of ether oxygens (including phenoxy) is 2. The number of rotatable bonds is 5. The Morgan fingerprint density at radius 2 is 1.80 bits per heavy atom. The van der Waals surface area contributed by atoms with Crippen LogP contribution in [0, 0.1) is 5.82 Å². The van der Waals surface area contributed by atoms with Crippen molar-refractivity contribution >= 4 is 40.0 Å². The summed E-state index contributed by atoms with van der Waals surface area (Å²) in [7, 11) is 3.13. The van der Waals surface area contributed by atoms with Crippen molar-refractivity contribution in [3.8, 4) is 11.5 Å². The molecule has 0 spiro atoms. The largest absolute Gasteiger partial charge is 0.493 e. The lowest BCUT2D eigenvalue weighted by atomic mass is 10.1. The highest BCUT2D eigenvalue weighted by Crippen LogP contribution is 2.36. The minimum atomic E-state index is -0.472. The molecule has 0 amide bonds. The first-order chi connectivity index (χ1) is 14.5. The van der Waals surface area contributed by atoms with Gasteiger partial charge in [0, 0.05) is 35.6 Å². The minimum absolute atomic E-state index is 0.187. The quantitative estimate of drug-likeness (QED) is 0.628. The monoisotopic (exact) mass is 431 g/mol. The lowest BCUT2D eigenvalue weighted by molar-refractivity contribution is 0.356. The van der Waals surface area contributed by atoms with Crippen LogP contribution in [0.15, 0.2) is 30.3 Å². The maximum absolute atomic E-state index is 14.4. The molecule has 0 unspecified atom stereocenters. The zero-order valence-corrected chi connectivity index (χ0v) is 17.5. The van der Waals surface area contributed by atoms with Gasteiger partial charge in [-0.15, -0.1) is 0 Å². The Balaban J connectivity index is 1.83. The van der Waals surface area contributed by atoms with Crippen LogP contribution in [-0.2, 0) is 0 Å². The average molecular weight is 432 g/mol. The molecule has 30 heavy (non-hydrogen) atoms. The van der Waals surface area contributed by atoms with E-state index < -0.39 is 5.82 Å². The molecule has 1 aromatic heterocycles. The Hall–Kier alpha value is -2.84. The molecular formula is C21H23ClFN5O2. The van der Waals surface area contributed by atoms with Crippen LogP contribution in [0.4, 0.5) is 21.8 Å². The molecule has 2 aromatic carbocycles. The molecule has 0 radical (unpaired) electrons. The zero-order chi connectivity index (χ0) is 21.3. The van der Waals surface area contributed by atoms with Crippen molar-refractivity contribution in [3.63, 3.8) is 0 Å². The van der Waals surface area contributed by atoms with Gasteiger partial charge in [-0.05, 0) is 37.1 Å². The first-order valence-corrected chi connectivity index (χ1v) is 10.0. The maximum Gasteiger partial charge on any atom is 0.227 e. The van der Waals surface area contributed by atoms with E-state index in [1.54, 1.807) is 38.5 Å². The highest BCUT2D eigenvalue weighted by Gasteiger charge is 2.21. The van der Waals surface area contributed by atoms with Gasteiger partial charge in [-0.3, -0.25) is 0 Å². The number of anilines is 3. The van der Waals surface area contributed by atoms with Crippen LogP contribution < -0.4 is 25.4 Å². The Kier molecular flexibility index (Phi) is 5.78. The lowest BCUT2D eigenvalue weighted by Crippen LogP contribution is -2.40. The number of nitrogens with one attached hydrogen (secondary N) is 1. The smallest absolute Gasteiger partial charge is 0.227 e. The van der Waals surface area contributed by atoms with Gasteiger partial charge in [0.2, 0.25) is 5.95 Å². The molecular weight excluding hydrogens is 409 g/mol. The Morgan fingerprint density at radius 3 is 2.47 bits per heavy atom. The Labute approximate surface area is 179 Å². The van der Waals surface area contributed by atoms with Gasteiger partial charge >= 0.3 is 0 Å². The molecule has 3 N–H and O–H groups in total. The van der Waals surface area contributed by atoms with Gasteiger partial charge in [0.1, 0.15) is 11.6 Å². The summed E-state index contributed by atoms with van der Waals surface area (Å²) < 4.78 is 25.3. The second-order valence-electron chi connectivity index (χ2n) is 7.17. The van der Waals surface area contributed by atoms with Crippen molar-refractivity contribution < 1.29 is 13.9 Å². The molecule has 0 aliphatic carbocycles. The van der Waals surface area contributed by atoms with E-state index in [9.17, 15) is 4.39 Å². The van der Waals surface area contributed by atoms with E-state index in [0.717, 1.165) is 25.9 Å². The molecule has 9 heteroatoms. The van der Waals surface area contributed by atoms with Gasteiger partial charge in [-0.25, -0.2) is 9.37 Å². The minimum Gasteiger partial charge on any atom is -0.493 e. The van der Waals surface area contributed by atoms with Crippen LogP contribution in [0.2, 0.25) is 5.02 Å². The summed E-state index contributed by atoms with van der Waals surface area (Å²) in [6.07, 6.45) is 1.73. The first-order valence-electron chi connectivity index (χ1n) is 9.65. The predicted molar refractivity (Wildman–Crippen MR) is 117 cm³/mol.